The van der Waals surface area contributed by atoms with Crippen LogP contribution in [0.25, 0.3) is 17.0 Å². The zero-order valence-electron chi connectivity index (χ0n) is 16.6. The third-order valence-electron chi connectivity index (χ3n) is 4.50. The maximum Gasteiger partial charge on any atom is 0.351 e. The summed E-state index contributed by atoms with van der Waals surface area (Å²) in [6.45, 7) is 3.11. The van der Waals surface area contributed by atoms with E-state index in [1.807, 2.05) is 0 Å². The Morgan fingerprint density at radius 1 is 1.06 bits per heavy atom. The number of benzene rings is 2. The van der Waals surface area contributed by atoms with Crippen LogP contribution >= 0.6 is 0 Å². The predicted octanol–water partition coefficient (Wildman–Crippen LogP) is 3.55. The highest BCUT2D eigenvalue weighted by atomic mass is 16.5. The predicted molar refractivity (Wildman–Crippen MR) is 112 cm³/mol. The number of hydrogen-bond acceptors (Lipinski definition) is 6. The van der Waals surface area contributed by atoms with Gasteiger partial charge in [-0.15, -0.1) is 0 Å². The van der Waals surface area contributed by atoms with Gasteiger partial charge in [0.25, 0.3) is 0 Å². The van der Waals surface area contributed by atoms with Gasteiger partial charge in [-0.25, -0.2) is 14.4 Å². The van der Waals surface area contributed by atoms with Crippen molar-refractivity contribution in [2.24, 2.45) is 0 Å². The fourth-order valence-corrected chi connectivity index (χ4v) is 2.90. The SMILES string of the molecule is Cc1cc(/C=C/C(=O)c2ccc(OC(C)C(=O)O)cc2)cc2cc(C(=O)O)c(=O)oc12. The standard InChI is InChI=1S/C23H18O8/c1-12-9-14(10-16-11-18(22(27)28)23(29)31-20(12)16)3-8-19(24)15-4-6-17(7-5-15)30-13(2)21(25)26/h3-11,13H,1-2H3,(H,25,26)(H,27,28)/b8-3+. The second kappa shape index (κ2) is 8.66. The number of aryl methyl sites for hydroxylation is 1. The minimum atomic E-state index is -1.38. The second-order valence-corrected chi connectivity index (χ2v) is 6.83. The lowest BCUT2D eigenvalue weighted by atomic mass is 10.0. The summed E-state index contributed by atoms with van der Waals surface area (Å²) in [6.07, 6.45) is 1.91. The topological polar surface area (TPSA) is 131 Å². The van der Waals surface area contributed by atoms with Crippen molar-refractivity contribution >= 4 is 34.8 Å². The van der Waals surface area contributed by atoms with Crippen LogP contribution in [0.5, 0.6) is 5.75 Å². The van der Waals surface area contributed by atoms with Crippen molar-refractivity contribution in [1.29, 1.82) is 0 Å². The van der Waals surface area contributed by atoms with E-state index in [0.29, 0.717) is 27.8 Å². The van der Waals surface area contributed by atoms with E-state index in [-0.39, 0.29) is 11.4 Å². The largest absolute Gasteiger partial charge is 0.479 e. The molecule has 2 N–H and O–H groups in total. The van der Waals surface area contributed by atoms with Crippen molar-refractivity contribution in [3.8, 4) is 5.75 Å². The molecule has 0 aliphatic carbocycles. The molecule has 2 aromatic carbocycles. The van der Waals surface area contributed by atoms with E-state index in [9.17, 15) is 19.2 Å². The summed E-state index contributed by atoms with van der Waals surface area (Å²) in [5.74, 6) is -2.43. The molecule has 0 spiro atoms. The molecule has 3 rings (SSSR count). The molecule has 8 nitrogen and oxygen atoms in total. The van der Waals surface area contributed by atoms with Crippen molar-refractivity contribution in [3.05, 3.63) is 81.2 Å². The first-order valence-corrected chi connectivity index (χ1v) is 9.19. The van der Waals surface area contributed by atoms with Crippen LogP contribution in [0.3, 0.4) is 0 Å². The van der Waals surface area contributed by atoms with Crippen LogP contribution < -0.4 is 10.4 Å². The number of rotatable bonds is 7. The second-order valence-electron chi connectivity index (χ2n) is 6.83. The fourth-order valence-electron chi connectivity index (χ4n) is 2.90. The third-order valence-corrected chi connectivity index (χ3v) is 4.50. The number of carbonyl (C=O) groups is 3. The lowest BCUT2D eigenvalue weighted by molar-refractivity contribution is -0.144. The van der Waals surface area contributed by atoms with Gasteiger partial charge in [0.05, 0.1) is 0 Å². The summed E-state index contributed by atoms with van der Waals surface area (Å²) in [4.78, 5) is 46.2. The highest BCUT2D eigenvalue weighted by Gasteiger charge is 2.14. The number of hydrogen-bond donors (Lipinski definition) is 2. The molecule has 0 aliphatic rings. The molecule has 158 valence electrons. The Kier molecular flexibility index (Phi) is 6.01. The molecule has 0 aliphatic heterocycles. The highest BCUT2D eigenvalue weighted by molar-refractivity contribution is 6.07. The Morgan fingerprint density at radius 2 is 1.74 bits per heavy atom. The van der Waals surface area contributed by atoms with Crippen LogP contribution in [0, 0.1) is 6.92 Å². The molecule has 0 radical (unpaired) electrons. The molecule has 31 heavy (non-hydrogen) atoms. The van der Waals surface area contributed by atoms with Gasteiger partial charge in [-0.1, -0.05) is 6.08 Å². The summed E-state index contributed by atoms with van der Waals surface area (Å²) >= 11 is 0. The van der Waals surface area contributed by atoms with E-state index >= 15 is 0 Å². The molecule has 3 aromatic rings. The maximum absolute atomic E-state index is 12.4. The van der Waals surface area contributed by atoms with Crippen LogP contribution in [0.2, 0.25) is 0 Å². The molecule has 1 aromatic heterocycles. The number of aliphatic carboxylic acids is 1. The van der Waals surface area contributed by atoms with Crippen LogP contribution in [-0.4, -0.2) is 34.0 Å². The van der Waals surface area contributed by atoms with E-state index < -0.39 is 29.2 Å². The van der Waals surface area contributed by atoms with E-state index in [1.54, 1.807) is 25.1 Å². The average Bonchev–Trinajstić information content (AvgIpc) is 2.72. The van der Waals surface area contributed by atoms with Gasteiger partial charge in [0, 0.05) is 10.9 Å². The molecule has 0 amide bonds. The molecular formula is C23H18O8. The first-order valence-electron chi connectivity index (χ1n) is 9.19. The molecule has 0 fully saturated rings. The first kappa shape index (κ1) is 21.5. The Hall–Kier alpha value is -4.20. The molecule has 0 bridgehead atoms. The van der Waals surface area contributed by atoms with Crippen molar-refractivity contribution in [3.63, 3.8) is 0 Å². The molecule has 1 unspecified atom stereocenters. The van der Waals surface area contributed by atoms with Gasteiger partial charge >= 0.3 is 17.6 Å². The fraction of sp³-hybridized carbons (Fsp3) is 0.130. The van der Waals surface area contributed by atoms with Gasteiger partial charge < -0.3 is 19.4 Å². The van der Waals surface area contributed by atoms with Gasteiger partial charge in [0.1, 0.15) is 16.9 Å². The van der Waals surface area contributed by atoms with E-state index in [0.717, 1.165) is 0 Å². The Labute approximate surface area is 176 Å². The summed E-state index contributed by atoms with van der Waals surface area (Å²) in [7, 11) is 0. The van der Waals surface area contributed by atoms with Crippen molar-refractivity contribution in [2.75, 3.05) is 0 Å². The van der Waals surface area contributed by atoms with Gasteiger partial charge in [-0.3, -0.25) is 4.79 Å². The summed E-state index contributed by atoms with van der Waals surface area (Å²) < 4.78 is 10.3. The monoisotopic (exact) mass is 422 g/mol. The Morgan fingerprint density at radius 3 is 2.35 bits per heavy atom. The van der Waals surface area contributed by atoms with Crippen LogP contribution in [0.15, 0.2) is 57.8 Å². The van der Waals surface area contributed by atoms with E-state index in [1.165, 1.54) is 43.3 Å². The Bertz CT molecular complexity index is 1270. The van der Waals surface area contributed by atoms with Gasteiger partial charge in [0.2, 0.25) is 0 Å². The van der Waals surface area contributed by atoms with Crippen LogP contribution in [0.1, 0.15) is 38.8 Å². The number of fused-ring (bicyclic) bond motifs is 1. The van der Waals surface area contributed by atoms with Gasteiger partial charge in [-0.2, -0.15) is 0 Å². The minimum Gasteiger partial charge on any atom is -0.479 e. The van der Waals surface area contributed by atoms with E-state index in [4.69, 9.17) is 19.4 Å². The maximum atomic E-state index is 12.4. The van der Waals surface area contributed by atoms with Crippen molar-refractivity contribution < 1.29 is 33.8 Å². The van der Waals surface area contributed by atoms with Crippen molar-refractivity contribution in [2.45, 2.75) is 20.0 Å². The van der Waals surface area contributed by atoms with E-state index in [2.05, 4.69) is 0 Å². The Balaban J connectivity index is 1.83. The van der Waals surface area contributed by atoms with Crippen molar-refractivity contribution in [1.82, 2.24) is 0 Å². The van der Waals surface area contributed by atoms with Crippen LogP contribution in [-0.2, 0) is 4.79 Å². The first-order chi connectivity index (χ1) is 14.7. The lowest BCUT2D eigenvalue weighted by Gasteiger charge is -2.10. The zero-order chi connectivity index (χ0) is 22.7. The number of ketones is 1. The molecule has 8 heteroatoms. The summed E-state index contributed by atoms with van der Waals surface area (Å²) in [6, 6.07) is 10.6. The van der Waals surface area contributed by atoms with Crippen LogP contribution in [0.4, 0.5) is 0 Å². The highest BCUT2D eigenvalue weighted by Crippen LogP contribution is 2.22. The number of carbonyl (C=O) groups excluding carboxylic acids is 1. The number of carboxylic acids is 2. The number of allylic oxidation sites excluding steroid dienone is 1. The van der Waals surface area contributed by atoms with Gasteiger partial charge in [0.15, 0.2) is 11.9 Å². The smallest absolute Gasteiger partial charge is 0.351 e. The average molecular weight is 422 g/mol. The number of carboxylic acid groups (broad SMARTS) is 2. The van der Waals surface area contributed by atoms with Gasteiger partial charge in [-0.05, 0) is 73.5 Å². The molecule has 1 heterocycles. The molecule has 0 saturated heterocycles. The summed E-state index contributed by atoms with van der Waals surface area (Å²) in [5, 5.41) is 18.4. The quantitative estimate of drug-likeness (QED) is 0.336. The third kappa shape index (κ3) is 4.87. The summed E-state index contributed by atoms with van der Waals surface area (Å²) in [5.41, 5.74) is 0.509. The lowest BCUT2D eigenvalue weighted by Crippen LogP contribution is -2.22. The number of ether oxygens (including phenoxy) is 1. The molecular weight excluding hydrogens is 404 g/mol. The molecule has 0 saturated carbocycles. The normalized spacial score (nSPS) is 12.1. The zero-order valence-corrected chi connectivity index (χ0v) is 16.6. The molecule has 1 atom stereocenters. The number of aromatic carboxylic acids is 1. The minimum absolute atomic E-state index is 0.282.